The van der Waals surface area contributed by atoms with Crippen LogP contribution < -0.4 is 5.32 Å². The number of carbonyl (C=O) groups is 1. The van der Waals surface area contributed by atoms with E-state index in [9.17, 15) is 4.79 Å². The molecule has 3 rings (SSSR count). The molecule has 0 aliphatic rings. The van der Waals surface area contributed by atoms with Gasteiger partial charge in [0.1, 0.15) is 0 Å². The minimum atomic E-state index is -0.225. The maximum absolute atomic E-state index is 12.3. The molecule has 0 spiro atoms. The van der Waals surface area contributed by atoms with Gasteiger partial charge in [-0.15, -0.1) is 0 Å². The van der Waals surface area contributed by atoms with Crippen LogP contribution in [0.5, 0.6) is 0 Å². The summed E-state index contributed by atoms with van der Waals surface area (Å²) in [4.78, 5) is 16.4. The van der Waals surface area contributed by atoms with Crippen molar-refractivity contribution in [3.63, 3.8) is 0 Å². The summed E-state index contributed by atoms with van der Waals surface area (Å²) in [7, 11) is 0. The summed E-state index contributed by atoms with van der Waals surface area (Å²) in [5.41, 5.74) is 2.67. The average molecular weight is 277 g/mol. The Hall–Kier alpha value is -3.20. The summed E-state index contributed by atoms with van der Waals surface area (Å²) >= 11 is 0. The second-order valence-electron chi connectivity index (χ2n) is 4.48. The topological polar surface area (TPSA) is 94.5 Å². The Morgan fingerprint density at radius 1 is 1.29 bits per heavy atom. The summed E-state index contributed by atoms with van der Waals surface area (Å²) in [5, 5.41) is 18.7. The molecule has 102 valence electrons. The lowest BCUT2D eigenvalue weighted by Crippen LogP contribution is -2.12. The molecule has 0 saturated carbocycles. The minimum absolute atomic E-state index is 0.225. The molecule has 0 radical (unpaired) electrons. The number of amides is 1. The first kappa shape index (κ1) is 12.8. The number of hydrogen-bond acceptors (Lipinski definition) is 4. The molecule has 0 bridgehead atoms. The van der Waals surface area contributed by atoms with Crippen LogP contribution in [0.2, 0.25) is 0 Å². The van der Waals surface area contributed by atoms with Crippen LogP contribution >= 0.6 is 0 Å². The Morgan fingerprint density at radius 2 is 2.10 bits per heavy atom. The van der Waals surface area contributed by atoms with Crippen LogP contribution in [0.1, 0.15) is 15.9 Å². The number of rotatable bonds is 3. The van der Waals surface area contributed by atoms with E-state index in [4.69, 9.17) is 5.26 Å². The van der Waals surface area contributed by atoms with Crippen LogP contribution in [0.4, 0.5) is 5.69 Å². The van der Waals surface area contributed by atoms with E-state index in [0.717, 1.165) is 5.56 Å². The van der Waals surface area contributed by atoms with E-state index < -0.39 is 0 Å². The number of aromatic nitrogens is 3. The number of fused-ring (bicyclic) bond motifs is 1. The highest BCUT2D eigenvalue weighted by molar-refractivity contribution is 6.11. The van der Waals surface area contributed by atoms with Gasteiger partial charge in [-0.2, -0.15) is 10.4 Å². The van der Waals surface area contributed by atoms with Gasteiger partial charge in [-0.25, -0.2) is 4.98 Å². The van der Waals surface area contributed by atoms with Crippen LogP contribution in [0.3, 0.4) is 0 Å². The summed E-state index contributed by atoms with van der Waals surface area (Å²) in [6, 6.07) is 10.9. The fraction of sp³-hybridized carbons (Fsp3) is 0.0667. The summed E-state index contributed by atoms with van der Waals surface area (Å²) in [6.45, 7) is 0. The predicted molar refractivity (Wildman–Crippen MR) is 77.6 cm³/mol. The molecular weight excluding hydrogens is 266 g/mol. The van der Waals surface area contributed by atoms with E-state index in [1.165, 1.54) is 0 Å². The smallest absolute Gasteiger partial charge is 0.256 e. The van der Waals surface area contributed by atoms with E-state index in [-0.39, 0.29) is 5.91 Å². The van der Waals surface area contributed by atoms with Crippen LogP contribution in [-0.2, 0) is 6.42 Å². The zero-order valence-corrected chi connectivity index (χ0v) is 11.0. The Kier molecular flexibility index (Phi) is 3.31. The van der Waals surface area contributed by atoms with E-state index in [1.807, 2.05) is 12.1 Å². The average Bonchev–Trinajstić information content (AvgIpc) is 2.98. The first-order valence-electron chi connectivity index (χ1n) is 6.33. The quantitative estimate of drug-likeness (QED) is 0.767. The van der Waals surface area contributed by atoms with Crippen LogP contribution in [0.25, 0.3) is 11.0 Å². The second kappa shape index (κ2) is 5.43. The van der Waals surface area contributed by atoms with E-state index in [2.05, 4.69) is 26.6 Å². The second-order valence-corrected chi connectivity index (χ2v) is 4.48. The number of anilines is 1. The molecule has 1 aromatic carbocycles. The third kappa shape index (κ3) is 2.58. The van der Waals surface area contributed by atoms with Gasteiger partial charge in [-0.1, -0.05) is 12.1 Å². The monoisotopic (exact) mass is 277 g/mol. The molecular formula is C15H11N5O. The number of benzene rings is 1. The Balaban J connectivity index is 1.83. The van der Waals surface area contributed by atoms with Gasteiger partial charge in [0.2, 0.25) is 0 Å². The lowest BCUT2D eigenvalue weighted by molar-refractivity contribution is 0.102. The molecule has 0 aliphatic heterocycles. The molecule has 0 atom stereocenters. The number of nitrogens with one attached hydrogen (secondary N) is 2. The number of aromatic amines is 1. The number of hydrogen-bond donors (Lipinski definition) is 2. The molecule has 21 heavy (non-hydrogen) atoms. The molecule has 2 aromatic heterocycles. The van der Waals surface area contributed by atoms with E-state index in [1.54, 1.807) is 30.6 Å². The van der Waals surface area contributed by atoms with Crippen molar-refractivity contribution in [3.05, 3.63) is 53.9 Å². The Bertz CT molecular complexity index is 829. The zero-order valence-electron chi connectivity index (χ0n) is 11.0. The van der Waals surface area contributed by atoms with Gasteiger partial charge in [0, 0.05) is 11.9 Å². The summed E-state index contributed by atoms with van der Waals surface area (Å²) < 4.78 is 0. The van der Waals surface area contributed by atoms with Crippen molar-refractivity contribution in [3.8, 4) is 6.07 Å². The number of carbonyl (C=O) groups excluding carboxylic acids is 1. The molecule has 1 amide bonds. The SMILES string of the molecule is N#CCc1ccc(NC(=O)c2ccnc3[nH]ncc23)cc1. The van der Waals surface area contributed by atoms with Crippen molar-refractivity contribution in [1.29, 1.82) is 5.26 Å². The zero-order chi connectivity index (χ0) is 14.7. The predicted octanol–water partition coefficient (Wildman–Crippen LogP) is 2.28. The van der Waals surface area contributed by atoms with Gasteiger partial charge in [-0.3, -0.25) is 9.89 Å². The van der Waals surface area contributed by atoms with Gasteiger partial charge in [0.05, 0.1) is 29.6 Å². The van der Waals surface area contributed by atoms with Gasteiger partial charge in [-0.05, 0) is 23.8 Å². The molecule has 0 unspecified atom stereocenters. The highest BCUT2D eigenvalue weighted by Gasteiger charge is 2.11. The molecule has 0 aliphatic carbocycles. The fourth-order valence-corrected chi connectivity index (χ4v) is 2.04. The van der Waals surface area contributed by atoms with Crippen LogP contribution in [0, 0.1) is 11.3 Å². The molecule has 3 aromatic rings. The van der Waals surface area contributed by atoms with Gasteiger partial charge in [0.15, 0.2) is 5.65 Å². The molecule has 0 saturated heterocycles. The fourth-order valence-electron chi connectivity index (χ4n) is 2.04. The molecule has 2 N–H and O–H groups in total. The van der Waals surface area contributed by atoms with Crippen molar-refractivity contribution in [1.82, 2.24) is 15.2 Å². The first-order valence-corrected chi connectivity index (χ1v) is 6.33. The normalized spacial score (nSPS) is 10.2. The highest BCUT2D eigenvalue weighted by Crippen LogP contribution is 2.16. The minimum Gasteiger partial charge on any atom is -0.322 e. The van der Waals surface area contributed by atoms with Crippen molar-refractivity contribution < 1.29 is 4.79 Å². The number of H-pyrrole nitrogens is 1. The maximum atomic E-state index is 12.3. The van der Waals surface area contributed by atoms with Crippen molar-refractivity contribution in [2.45, 2.75) is 6.42 Å². The maximum Gasteiger partial charge on any atom is 0.256 e. The summed E-state index contributed by atoms with van der Waals surface area (Å²) in [5.74, 6) is -0.225. The van der Waals surface area contributed by atoms with E-state index in [0.29, 0.717) is 28.7 Å². The number of nitriles is 1. The lowest BCUT2D eigenvalue weighted by atomic mass is 10.1. The molecule has 6 heteroatoms. The third-order valence-electron chi connectivity index (χ3n) is 3.09. The number of pyridine rings is 1. The largest absolute Gasteiger partial charge is 0.322 e. The van der Waals surface area contributed by atoms with Gasteiger partial charge < -0.3 is 5.32 Å². The van der Waals surface area contributed by atoms with Gasteiger partial charge >= 0.3 is 0 Å². The van der Waals surface area contributed by atoms with Crippen molar-refractivity contribution in [2.24, 2.45) is 0 Å². The van der Waals surface area contributed by atoms with Crippen molar-refractivity contribution in [2.75, 3.05) is 5.32 Å². The van der Waals surface area contributed by atoms with Crippen LogP contribution in [0.15, 0.2) is 42.7 Å². The van der Waals surface area contributed by atoms with E-state index >= 15 is 0 Å². The molecule has 0 fully saturated rings. The standard InChI is InChI=1S/C15H11N5O/c16-7-5-10-1-3-11(4-2-10)19-15(21)12-6-8-17-14-13(12)9-18-20-14/h1-4,6,8-9H,5H2,(H,19,21)(H,17,18,20). The highest BCUT2D eigenvalue weighted by atomic mass is 16.1. The molecule has 6 nitrogen and oxygen atoms in total. The lowest BCUT2D eigenvalue weighted by Gasteiger charge is -2.06. The summed E-state index contributed by atoms with van der Waals surface area (Å²) in [6.07, 6.45) is 3.49. The van der Waals surface area contributed by atoms with Gasteiger partial charge in [0.25, 0.3) is 5.91 Å². The number of nitrogens with zero attached hydrogens (tertiary/aromatic N) is 3. The Morgan fingerprint density at radius 3 is 2.86 bits per heavy atom. The first-order chi connectivity index (χ1) is 10.3. The molecule has 2 heterocycles. The third-order valence-corrected chi connectivity index (χ3v) is 3.09. The van der Waals surface area contributed by atoms with Crippen molar-refractivity contribution >= 4 is 22.6 Å². The van der Waals surface area contributed by atoms with Crippen LogP contribution in [-0.4, -0.2) is 21.1 Å². The Labute approximate surface area is 120 Å².